The minimum absolute atomic E-state index is 0.699. The molecule has 2 rings (SSSR count). The van der Waals surface area contributed by atoms with E-state index in [1.165, 1.54) is 5.56 Å². The minimum Gasteiger partial charge on any atom is -0.377 e. The summed E-state index contributed by atoms with van der Waals surface area (Å²) in [7, 11) is 0. The number of nitrogens with one attached hydrogen (secondary N) is 1. The third-order valence-corrected chi connectivity index (χ3v) is 2.82. The van der Waals surface area contributed by atoms with Crippen molar-refractivity contribution in [3.63, 3.8) is 0 Å². The van der Waals surface area contributed by atoms with E-state index in [0.717, 1.165) is 16.0 Å². The Balaban J connectivity index is 2.02. The van der Waals surface area contributed by atoms with Crippen LogP contribution in [-0.2, 0) is 6.54 Å². The lowest BCUT2D eigenvalue weighted by atomic mass is 10.3. The Morgan fingerprint density at radius 2 is 2.12 bits per heavy atom. The van der Waals surface area contributed by atoms with E-state index in [2.05, 4.69) is 37.3 Å². The Labute approximate surface area is 103 Å². The highest BCUT2D eigenvalue weighted by atomic mass is 79.9. The van der Waals surface area contributed by atoms with Gasteiger partial charge in [0.25, 0.3) is 0 Å². The van der Waals surface area contributed by atoms with E-state index in [0.29, 0.717) is 6.54 Å². The average Bonchev–Trinajstić information content (AvgIpc) is 2.30. The number of aromatic nitrogens is 2. The molecule has 2 aromatic rings. The number of aryl methyl sites for hydroxylation is 1. The standard InChI is InChI=1S/C12H12BrN3/c1-9-4-5-10(15-7-9)8-16-11-3-2-6-14-12(11)13/h2-7,16H,8H2,1H3. The normalized spacial score (nSPS) is 10.1. The SMILES string of the molecule is Cc1ccc(CNc2cccnc2Br)nc1. The van der Waals surface area contributed by atoms with Gasteiger partial charge in [-0.25, -0.2) is 4.98 Å². The van der Waals surface area contributed by atoms with E-state index in [1.807, 2.05) is 31.3 Å². The van der Waals surface area contributed by atoms with E-state index in [4.69, 9.17) is 0 Å². The predicted octanol–water partition coefficient (Wildman–Crippen LogP) is 3.16. The maximum atomic E-state index is 4.32. The van der Waals surface area contributed by atoms with Gasteiger partial charge in [-0.1, -0.05) is 6.07 Å². The van der Waals surface area contributed by atoms with Gasteiger partial charge in [-0.2, -0.15) is 0 Å². The van der Waals surface area contributed by atoms with Crippen molar-refractivity contribution in [1.82, 2.24) is 9.97 Å². The van der Waals surface area contributed by atoms with Crippen LogP contribution in [0.4, 0.5) is 5.69 Å². The van der Waals surface area contributed by atoms with Gasteiger partial charge >= 0.3 is 0 Å². The molecular weight excluding hydrogens is 266 g/mol. The Hall–Kier alpha value is -1.42. The van der Waals surface area contributed by atoms with Crippen molar-refractivity contribution in [3.8, 4) is 0 Å². The van der Waals surface area contributed by atoms with E-state index in [9.17, 15) is 0 Å². The Morgan fingerprint density at radius 3 is 2.81 bits per heavy atom. The number of rotatable bonds is 3. The fraction of sp³-hybridized carbons (Fsp3) is 0.167. The van der Waals surface area contributed by atoms with Crippen molar-refractivity contribution in [1.29, 1.82) is 0 Å². The quantitative estimate of drug-likeness (QED) is 0.876. The van der Waals surface area contributed by atoms with E-state index in [-0.39, 0.29) is 0 Å². The van der Waals surface area contributed by atoms with Crippen molar-refractivity contribution >= 4 is 21.6 Å². The molecule has 0 aliphatic carbocycles. The molecule has 0 saturated carbocycles. The molecule has 0 aliphatic heterocycles. The van der Waals surface area contributed by atoms with Crippen molar-refractivity contribution in [2.24, 2.45) is 0 Å². The monoisotopic (exact) mass is 277 g/mol. The summed E-state index contributed by atoms with van der Waals surface area (Å²) in [5, 5.41) is 3.28. The molecule has 16 heavy (non-hydrogen) atoms. The number of nitrogens with zero attached hydrogens (tertiary/aromatic N) is 2. The lowest BCUT2D eigenvalue weighted by Gasteiger charge is -2.07. The number of hydrogen-bond acceptors (Lipinski definition) is 3. The molecule has 1 N–H and O–H groups in total. The fourth-order valence-electron chi connectivity index (χ4n) is 1.31. The first-order valence-electron chi connectivity index (χ1n) is 5.01. The summed E-state index contributed by atoms with van der Waals surface area (Å²) in [4.78, 5) is 8.46. The lowest BCUT2D eigenvalue weighted by molar-refractivity contribution is 1.03. The maximum absolute atomic E-state index is 4.32. The van der Waals surface area contributed by atoms with Gasteiger partial charge in [-0.15, -0.1) is 0 Å². The van der Waals surface area contributed by atoms with Crippen LogP contribution in [0.2, 0.25) is 0 Å². The second kappa shape index (κ2) is 5.07. The van der Waals surface area contributed by atoms with Crippen LogP contribution in [-0.4, -0.2) is 9.97 Å². The zero-order valence-electron chi connectivity index (χ0n) is 8.94. The summed E-state index contributed by atoms with van der Waals surface area (Å²) in [5.74, 6) is 0. The second-order valence-corrected chi connectivity index (χ2v) is 4.27. The number of anilines is 1. The second-order valence-electron chi connectivity index (χ2n) is 3.52. The van der Waals surface area contributed by atoms with E-state index >= 15 is 0 Å². The van der Waals surface area contributed by atoms with Gasteiger partial charge in [0, 0.05) is 12.4 Å². The van der Waals surface area contributed by atoms with Crippen LogP contribution in [0.1, 0.15) is 11.3 Å². The van der Waals surface area contributed by atoms with Crippen molar-refractivity contribution < 1.29 is 0 Å². The molecule has 0 unspecified atom stereocenters. The van der Waals surface area contributed by atoms with Gasteiger partial charge in [-0.3, -0.25) is 4.98 Å². The van der Waals surface area contributed by atoms with Crippen LogP contribution in [0.3, 0.4) is 0 Å². The number of hydrogen-bond donors (Lipinski definition) is 1. The molecule has 0 radical (unpaired) electrons. The molecule has 0 fully saturated rings. The van der Waals surface area contributed by atoms with Gasteiger partial charge in [0.1, 0.15) is 4.60 Å². The smallest absolute Gasteiger partial charge is 0.129 e. The first kappa shape index (κ1) is 11.1. The van der Waals surface area contributed by atoms with Crippen LogP contribution in [0, 0.1) is 6.92 Å². The first-order valence-corrected chi connectivity index (χ1v) is 5.81. The maximum Gasteiger partial charge on any atom is 0.129 e. The molecule has 0 saturated heterocycles. The van der Waals surface area contributed by atoms with Crippen LogP contribution in [0.5, 0.6) is 0 Å². The molecule has 0 amide bonds. The van der Waals surface area contributed by atoms with Gasteiger partial charge in [0.05, 0.1) is 17.9 Å². The van der Waals surface area contributed by atoms with Gasteiger partial charge in [0.2, 0.25) is 0 Å². The van der Waals surface area contributed by atoms with Crippen LogP contribution < -0.4 is 5.32 Å². The molecule has 82 valence electrons. The molecular formula is C12H12BrN3. The molecule has 0 aromatic carbocycles. The van der Waals surface area contributed by atoms with Crippen LogP contribution in [0.15, 0.2) is 41.3 Å². The molecule has 0 bridgehead atoms. The Kier molecular flexibility index (Phi) is 3.51. The third-order valence-electron chi connectivity index (χ3n) is 2.19. The van der Waals surface area contributed by atoms with Crippen LogP contribution >= 0.6 is 15.9 Å². The fourth-order valence-corrected chi connectivity index (χ4v) is 1.70. The van der Waals surface area contributed by atoms with Crippen LogP contribution in [0.25, 0.3) is 0 Å². The lowest BCUT2D eigenvalue weighted by Crippen LogP contribution is -2.02. The Bertz CT molecular complexity index is 468. The summed E-state index contributed by atoms with van der Waals surface area (Å²) < 4.78 is 0.821. The zero-order chi connectivity index (χ0) is 11.4. The molecule has 0 atom stereocenters. The van der Waals surface area contributed by atoms with Crippen molar-refractivity contribution in [2.75, 3.05) is 5.32 Å². The molecule has 4 heteroatoms. The highest BCUT2D eigenvalue weighted by molar-refractivity contribution is 9.10. The number of halogens is 1. The van der Waals surface area contributed by atoms with Gasteiger partial charge in [0.15, 0.2) is 0 Å². The minimum atomic E-state index is 0.699. The van der Waals surface area contributed by atoms with E-state index in [1.54, 1.807) is 6.20 Å². The van der Waals surface area contributed by atoms with Gasteiger partial charge < -0.3 is 5.32 Å². The zero-order valence-corrected chi connectivity index (χ0v) is 10.5. The average molecular weight is 278 g/mol. The molecule has 3 nitrogen and oxygen atoms in total. The molecule has 0 spiro atoms. The van der Waals surface area contributed by atoms with Gasteiger partial charge in [-0.05, 0) is 46.6 Å². The van der Waals surface area contributed by atoms with Crippen molar-refractivity contribution in [2.45, 2.75) is 13.5 Å². The Morgan fingerprint density at radius 1 is 1.25 bits per heavy atom. The largest absolute Gasteiger partial charge is 0.377 e. The summed E-state index contributed by atoms with van der Waals surface area (Å²) in [5.41, 5.74) is 3.16. The molecule has 2 aromatic heterocycles. The summed E-state index contributed by atoms with van der Waals surface area (Å²) in [6.07, 6.45) is 3.62. The number of pyridine rings is 2. The summed E-state index contributed by atoms with van der Waals surface area (Å²) >= 11 is 3.39. The predicted molar refractivity (Wildman–Crippen MR) is 68.2 cm³/mol. The molecule has 0 aliphatic rings. The third kappa shape index (κ3) is 2.79. The first-order chi connectivity index (χ1) is 7.75. The highest BCUT2D eigenvalue weighted by Gasteiger charge is 1.99. The summed E-state index contributed by atoms with van der Waals surface area (Å²) in [6, 6.07) is 7.95. The topological polar surface area (TPSA) is 37.8 Å². The summed E-state index contributed by atoms with van der Waals surface area (Å²) in [6.45, 7) is 2.73. The molecule has 2 heterocycles. The van der Waals surface area contributed by atoms with E-state index < -0.39 is 0 Å². The highest BCUT2D eigenvalue weighted by Crippen LogP contribution is 2.18. The van der Waals surface area contributed by atoms with Crippen molar-refractivity contribution in [3.05, 3.63) is 52.5 Å².